The summed E-state index contributed by atoms with van der Waals surface area (Å²) in [6.07, 6.45) is 23.4. The number of phosphoric acid groups is 2. The molecule has 1 saturated carbocycles. The lowest BCUT2D eigenvalue weighted by Crippen LogP contribution is -2.64. The molecule has 19 heteroatoms. The summed E-state index contributed by atoms with van der Waals surface area (Å²) in [4.78, 5) is 54.2. The molecule has 1 aliphatic carbocycles. The zero-order chi connectivity index (χ0) is 47.6. The van der Waals surface area contributed by atoms with Crippen molar-refractivity contribution in [1.82, 2.24) is 0 Å². The monoisotopic (exact) mass is 950 g/mol. The number of phosphoric ester groups is 2. The summed E-state index contributed by atoms with van der Waals surface area (Å²) in [5.74, 6) is -1.31. The van der Waals surface area contributed by atoms with Crippen LogP contribution in [-0.2, 0) is 41.8 Å². The van der Waals surface area contributed by atoms with Crippen molar-refractivity contribution in [1.29, 1.82) is 0 Å². The van der Waals surface area contributed by atoms with Crippen molar-refractivity contribution in [2.75, 3.05) is 13.2 Å². The van der Waals surface area contributed by atoms with Gasteiger partial charge in [0.1, 0.15) is 43.2 Å². The molecule has 0 radical (unpaired) electrons. The van der Waals surface area contributed by atoms with Gasteiger partial charge >= 0.3 is 27.6 Å². The number of hydrogen-bond donors (Lipinski definition) is 8. The Morgan fingerprint density at radius 2 is 1.14 bits per heavy atom. The Hall–Kier alpha value is -2.60. The maximum atomic E-state index is 13.0. The van der Waals surface area contributed by atoms with Crippen LogP contribution in [-0.4, -0.2) is 114 Å². The van der Waals surface area contributed by atoms with E-state index in [1.54, 1.807) is 6.08 Å². The van der Waals surface area contributed by atoms with Gasteiger partial charge in [0, 0.05) is 12.8 Å². The van der Waals surface area contributed by atoms with E-state index in [1.807, 2.05) is 49.5 Å². The second kappa shape index (κ2) is 35.6. The average Bonchev–Trinajstić information content (AvgIpc) is 3.24. The molecule has 0 bridgehead atoms. The van der Waals surface area contributed by atoms with E-state index in [-0.39, 0.29) is 12.8 Å². The molecule has 0 amide bonds. The van der Waals surface area contributed by atoms with Gasteiger partial charge in [-0.1, -0.05) is 119 Å². The smallest absolute Gasteiger partial charge is 0.462 e. The molecule has 17 nitrogen and oxygen atoms in total. The van der Waals surface area contributed by atoms with E-state index in [0.29, 0.717) is 25.7 Å². The van der Waals surface area contributed by atoms with E-state index in [1.165, 1.54) is 19.3 Å². The van der Waals surface area contributed by atoms with Crippen LogP contribution in [0.15, 0.2) is 72.9 Å². The summed E-state index contributed by atoms with van der Waals surface area (Å²) < 4.78 is 49.2. The number of rotatable bonds is 36. The van der Waals surface area contributed by atoms with E-state index in [2.05, 4.69) is 35.8 Å². The number of ether oxygens (including phenoxy) is 2. The molecule has 9 atom stereocenters. The Bertz CT molecular complexity index is 1540. The van der Waals surface area contributed by atoms with Crippen LogP contribution >= 0.6 is 15.6 Å². The van der Waals surface area contributed by atoms with Crippen LogP contribution in [0.2, 0.25) is 0 Å². The largest absolute Gasteiger partial charge is 0.472 e. The van der Waals surface area contributed by atoms with Crippen molar-refractivity contribution in [3.05, 3.63) is 72.9 Å². The molecule has 0 aromatic carbocycles. The summed E-state index contributed by atoms with van der Waals surface area (Å²) in [5, 5.41) is 51.1. The first-order valence-corrected chi connectivity index (χ1v) is 25.6. The van der Waals surface area contributed by atoms with Crippen molar-refractivity contribution >= 4 is 27.6 Å². The van der Waals surface area contributed by atoms with E-state index < -0.39 is 89.6 Å². The van der Waals surface area contributed by atoms with E-state index in [9.17, 15) is 49.1 Å². The van der Waals surface area contributed by atoms with Gasteiger partial charge < -0.3 is 49.7 Å². The lowest BCUT2D eigenvalue weighted by atomic mass is 9.85. The topological polar surface area (TPSA) is 276 Å². The first-order chi connectivity index (χ1) is 30.5. The van der Waals surface area contributed by atoms with Gasteiger partial charge in [-0.2, -0.15) is 0 Å². The Morgan fingerprint density at radius 3 is 1.78 bits per heavy atom. The predicted molar refractivity (Wildman–Crippen MR) is 242 cm³/mol. The molecule has 368 valence electrons. The number of unbranched alkanes of at least 4 members (excludes halogenated alkanes) is 10. The molecule has 1 rings (SSSR count). The van der Waals surface area contributed by atoms with Crippen LogP contribution in [0.5, 0.6) is 0 Å². The standard InChI is InChI=1S/C45H76O17P2/c1-3-5-7-8-9-10-11-12-13-14-15-18-22-25-29-33-39(48)60-37(34-58-38(47)32-28-24-21-19-16-17-20-23-27-31-36(46)30-26-6-4-2)35-59-64(56,57)62-45-42(51)40(49)41(50)44(43(45)52)61-63(53,54)55/h6,9-10,12-13,15,18,20,23,26-27,31,36-37,40-46,49-52H,3-5,7-8,11,14,16-17,19,21-22,24-25,28-30,32-35H2,1-2H3,(H,56,57)(H2,53,54,55)/b10-9-,13-12-,18-15-,23-20+,26-6+,31-27+/t36?,37-,40?,41?,42?,43?,44-,45+/m1/s1. The van der Waals surface area contributed by atoms with E-state index >= 15 is 0 Å². The Morgan fingerprint density at radius 1 is 0.594 bits per heavy atom. The number of hydrogen-bond acceptors (Lipinski definition) is 14. The van der Waals surface area contributed by atoms with Gasteiger partial charge in [-0.3, -0.25) is 23.2 Å². The second-order valence-electron chi connectivity index (χ2n) is 15.6. The molecule has 0 saturated heterocycles. The van der Waals surface area contributed by atoms with Crippen LogP contribution in [0.3, 0.4) is 0 Å². The SMILES string of the molecule is CC/C=C/CC(O)/C=C/C=C/CCCCCCCC(=O)OC[C@H](COP(=O)(O)O[C@H]1C(O)C(O)C(O)[C@@H](OP(=O)(O)O)C1O)OC(=O)CCCC/C=C\C/C=C\C/C=C\CCCCC. The maximum absolute atomic E-state index is 13.0. The highest BCUT2D eigenvalue weighted by molar-refractivity contribution is 7.47. The van der Waals surface area contributed by atoms with Crippen molar-refractivity contribution in [2.24, 2.45) is 0 Å². The molecular weight excluding hydrogens is 874 g/mol. The molecule has 64 heavy (non-hydrogen) atoms. The highest BCUT2D eigenvalue weighted by atomic mass is 31.2. The van der Waals surface area contributed by atoms with Crippen LogP contribution < -0.4 is 0 Å². The number of allylic oxidation sites excluding steroid dienone is 10. The third-order valence-electron chi connectivity index (χ3n) is 9.84. The Labute approximate surface area is 379 Å². The van der Waals surface area contributed by atoms with Crippen LogP contribution in [0, 0.1) is 0 Å². The molecule has 1 aliphatic rings. The van der Waals surface area contributed by atoms with Gasteiger partial charge in [0.25, 0.3) is 0 Å². The second-order valence-corrected chi connectivity index (χ2v) is 18.2. The highest BCUT2D eigenvalue weighted by Gasteiger charge is 2.54. The van der Waals surface area contributed by atoms with Gasteiger partial charge in [-0.25, -0.2) is 9.13 Å². The number of aliphatic hydroxyl groups excluding tert-OH is 5. The van der Waals surface area contributed by atoms with Gasteiger partial charge in [0.2, 0.25) is 0 Å². The quantitative estimate of drug-likeness (QED) is 0.0103. The molecule has 0 heterocycles. The minimum absolute atomic E-state index is 0.0236. The summed E-state index contributed by atoms with van der Waals surface area (Å²) in [6.45, 7) is 2.79. The van der Waals surface area contributed by atoms with Crippen LogP contribution in [0.4, 0.5) is 0 Å². The zero-order valence-electron chi connectivity index (χ0n) is 37.5. The minimum atomic E-state index is -5.38. The van der Waals surface area contributed by atoms with E-state index in [0.717, 1.165) is 64.2 Å². The summed E-state index contributed by atoms with van der Waals surface area (Å²) in [5.41, 5.74) is 0. The number of carbonyl (C=O) groups excluding carboxylic acids is 2. The number of esters is 2. The zero-order valence-corrected chi connectivity index (χ0v) is 39.3. The molecule has 0 aromatic rings. The van der Waals surface area contributed by atoms with Gasteiger partial charge in [0.15, 0.2) is 6.10 Å². The lowest BCUT2D eigenvalue weighted by Gasteiger charge is -2.43. The minimum Gasteiger partial charge on any atom is -0.462 e. The van der Waals surface area contributed by atoms with Gasteiger partial charge in [0.05, 0.1) is 12.7 Å². The van der Waals surface area contributed by atoms with Gasteiger partial charge in [-0.15, -0.1) is 0 Å². The predicted octanol–water partition coefficient (Wildman–Crippen LogP) is 7.03. The third-order valence-corrected chi connectivity index (χ3v) is 11.3. The van der Waals surface area contributed by atoms with Crippen LogP contribution in [0.25, 0.3) is 0 Å². The van der Waals surface area contributed by atoms with Crippen LogP contribution in [0.1, 0.15) is 136 Å². The molecule has 0 aromatic heterocycles. The normalized spacial score (nSPS) is 23.0. The van der Waals surface area contributed by atoms with Crippen molar-refractivity contribution < 1.29 is 82.0 Å². The summed E-state index contributed by atoms with van der Waals surface area (Å²) in [7, 11) is -10.7. The fourth-order valence-electron chi connectivity index (χ4n) is 6.30. The van der Waals surface area contributed by atoms with Crippen molar-refractivity contribution in [2.45, 2.75) is 185 Å². The average molecular weight is 951 g/mol. The summed E-state index contributed by atoms with van der Waals surface area (Å²) >= 11 is 0. The molecular formula is C45H76O17P2. The van der Waals surface area contributed by atoms with Gasteiger partial charge in [-0.05, 0) is 77.0 Å². The van der Waals surface area contributed by atoms with E-state index in [4.69, 9.17) is 28.3 Å². The Kier molecular flexibility index (Phi) is 33.0. The molecule has 0 spiro atoms. The molecule has 0 aliphatic heterocycles. The fraction of sp³-hybridized carbons (Fsp3) is 0.689. The highest BCUT2D eigenvalue weighted by Crippen LogP contribution is 2.49. The lowest BCUT2D eigenvalue weighted by molar-refractivity contribution is -0.216. The first kappa shape index (κ1) is 59.4. The number of carbonyl (C=O) groups is 2. The first-order valence-electron chi connectivity index (χ1n) is 22.6. The molecule has 1 fully saturated rings. The fourth-order valence-corrected chi connectivity index (χ4v) is 7.84. The Balaban J connectivity index is 2.68. The molecule has 8 N–H and O–H groups in total. The summed E-state index contributed by atoms with van der Waals surface area (Å²) in [6, 6.07) is 0. The maximum Gasteiger partial charge on any atom is 0.472 e. The van der Waals surface area contributed by atoms with Crippen molar-refractivity contribution in [3.63, 3.8) is 0 Å². The van der Waals surface area contributed by atoms with Crippen molar-refractivity contribution in [3.8, 4) is 0 Å². The third kappa shape index (κ3) is 29.8. The molecule has 6 unspecified atom stereocenters. The number of aliphatic hydroxyl groups is 5.